The molecule has 1 fully saturated rings. The van der Waals surface area contributed by atoms with E-state index in [4.69, 9.17) is 0 Å². The van der Waals surface area contributed by atoms with Crippen molar-refractivity contribution in [2.24, 2.45) is 0 Å². The maximum atomic E-state index is 12.8. The van der Waals surface area contributed by atoms with E-state index < -0.39 is 15.8 Å². The van der Waals surface area contributed by atoms with Crippen LogP contribution in [0, 0.1) is 5.82 Å². The minimum absolute atomic E-state index is 0.101. The molecule has 0 spiro atoms. The molecule has 1 aliphatic rings. The summed E-state index contributed by atoms with van der Waals surface area (Å²) in [7, 11) is -3.51. The summed E-state index contributed by atoms with van der Waals surface area (Å²) in [6.45, 7) is 0.476. The maximum Gasteiger partial charge on any atom is 0.243 e. The Hall–Kier alpha value is -1.72. The lowest BCUT2D eigenvalue weighted by Crippen LogP contribution is -2.12. The van der Waals surface area contributed by atoms with Gasteiger partial charge in [0.05, 0.1) is 10.9 Å². The summed E-state index contributed by atoms with van der Waals surface area (Å²) in [5.41, 5.74) is 0.980. The molecule has 2 atom stereocenters. The van der Waals surface area contributed by atoms with Crippen molar-refractivity contribution < 1.29 is 12.8 Å². The van der Waals surface area contributed by atoms with Crippen LogP contribution in [0.3, 0.4) is 0 Å². The van der Waals surface area contributed by atoms with Gasteiger partial charge in [-0.1, -0.05) is 30.3 Å². The molecule has 0 amide bonds. The minimum atomic E-state index is -3.51. The van der Waals surface area contributed by atoms with Gasteiger partial charge in [0.15, 0.2) is 0 Å². The van der Waals surface area contributed by atoms with E-state index in [2.05, 4.69) is 0 Å². The first kappa shape index (κ1) is 12.3. The second-order valence-corrected chi connectivity index (χ2v) is 6.35. The summed E-state index contributed by atoms with van der Waals surface area (Å²) in [6, 6.07) is 14.3. The molecule has 0 radical (unpaired) electrons. The Morgan fingerprint density at radius 1 is 1.00 bits per heavy atom. The molecule has 5 heteroatoms. The molecule has 1 heterocycles. The minimum Gasteiger partial charge on any atom is -0.207 e. The summed E-state index contributed by atoms with van der Waals surface area (Å²) >= 11 is 0. The van der Waals surface area contributed by atoms with Gasteiger partial charge >= 0.3 is 0 Å². The van der Waals surface area contributed by atoms with Gasteiger partial charge in [-0.15, -0.1) is 0 Å². The standard InChI is InChI=1S/C14H12FNO2S/c15-12-6-8-13(9-7-12)19(17,18)16-10-14(16)11-4-2-1-3-5-11/h1-9,14H,10H2/t14-,16?/m0/s1. The first-order valence-electron chi connectivity index (χ1n) is 5.91. The van der Waals surface area contributed by atoms with Crippen LogP contribution in [0.2, 0.25) is 0 Å². The van der Waals surface area contributed by atoms with Crippen LogP contribution in [-0.4, -0.2) is 19.3 Å². The number of halogens is 1. The van der Waals surface area contributed by atoms with Crippen LogP contribution in [0.25, 0.3) is 0 Å². The van der Waals surface area contributed by atoms with Crippen LogP contribution in [0.5, 0.6) is 0 Å². The number of sulfonamides is 1. The molecule has 1 unspecified atom stereocenters. The number of rotatable bonds is 3. The van der Waals surface area contributed by atoms with E-state index in [1.54, 1.807) is 0 Å². The predicted octanol–water partition coefficient (Wildman–Crippen LogP) is 2.57. The molecule has 0 saturated carbocycles. The zero-order chi connectivity index (χ0) is 13.5. The number of hydrogen-bond donors (Lipinski definition) is 0. The van der Waals surface area contributed by atoms with Crippen molar-refractivity contribution in [3.8, 4) is 0 Å². The third-order valence-electron chi connectivity index (χ3n) is 3.17. The molecule has 19 heavy (non-hydrogen) atoms. The summed E-state index contributed by atoms with van der Waals surface area (Å²) in [4.78, 5) is 0.132. The fourth-order valence-corrected chi connectivity index (χ4v) is 3.62. The average Bonchev–Trinajstić information content (AvgIpc) is 3.21. The average molecular weight is 277 g/mol. The van der Waals surface area contributed by atoms with Gasteiger partial charge < -0.3 is 0 Å². The van der Waals surface area contributed by atoms with Crippen molar-refractivity contribution in [1.82, 2.24) is 4.31 Å². The summed E-state index contributed by atoms with van der Waals surface area (Å²) in [6.07, 6.45) is 0. The molecule has 0 aromatic heterocycles. The van der Waals surface area contributed by atoms with E-state index in [0.717, 1.165) is 17.7 Å². The molecule has 0 N–H and O–H groups in total. The van der Waals surface area contributed by atoms with Gasteiger partial charge in [0, 0.05) is 6.54 Å². The first-order valence-corrected chi connectivity index (χ1v) is 7.35. The van der Waals surface area contributed by atoms with Gasteiger partial charge in [0.2, 0.25) is 10.0 Å². The second-order valence-electron chi connectivity index (χ2n) is 4.46. The van der Waals surface area contributed by atoms with Crippen LogP contribution in [0.4, 0.5) is 4.39 Å². The van der Waals surface area contributed by atoms with Gasteiger partial charge in [0.1, 0.15) is 5.82 Å². The monoisotopic (exact) mass is 277 g/mol. The molecule has 0 bridgehead atoms. The fraction of sp³-hybridized carbons (Fsp3) is 0.143. The molecular weight excluding hydrogens is 265 g/mol. The highest BCUT2D eigenvalue weighted by Gasteiger charge is 2.45. The highest BCUT2D eigenvalue weighted by Crippen LogP contribution is 2.39. The fourth-order valence-electron chi connectivity index (χ4n) is 2.08. The predicted molar refractivity (Wildman–Crippen MR) is 69.5 cm³/mol. The van der Waals surface area contributed by atoms with E-state index in [1.807, 2.05) is 30.3 Å². The number of benzene rings is 2. The topological polar surface area (TPSA) is 37.1 Å². The van der Waals surface area contributed by atoms with Crippen molar-refractivity contribution in [3.63, 3.8) is 0 Å². The molecule has 1 aliphatic heterocycles. The Kier molecular flexibility index (Phi) is 2.88. The third-order valence-corrected chi connectivity index (χ3v) is 5.06. The Labute approximate surface area is 111 Å². The SMILES string of the molecule is O=S(=O)(c1ccc(F)cc1)N1C[C@H]1c1ccccc1. The largest absolute Gasteiger partial charge is 0.243 e. The Morgan fingerprint density at radius 3 is 2.26 bits per heavy atom. The van der Waals surface area contributed by atoms with Crippen molar-refractivity contribution in [2.75, 3.05) is 6.54 Å². The number of nitrogens with zero attached hydrogens (tertiary/aromatic N) is 1. The molecule has 98 valence electrons. The van der Waals surface area contributed by atoms with Crippen LogP contribution >= 0.6 is 0 Å². The van der Waals surface area contributed by atoms with Crippen LogP contribution in [0.1, 0.15) is 11.6 Å². The molecule has 3 nitrogen and oxygen atoms in total. The summed E-state index contributed by atoms with van der Waals surface area (Å²) in [5.74, 6) is -0.440. The Bertz CT molecular complexity index is 683. The van der Waals surface area contributed by atoms with E-state index >= 15 is 0 Å². The summed E-state index contributed by atoms with van der Waals surface area (Å²) in [5, 5.41) is 0. The smallest absolute Gasteiger partial charge is 0.207 e. The van der Waals surface area contributed by atoms with Crippen LogP contribution in [-0.2, 0) is 10.0 Å². The molecule has 0 aliphatic carbocycles. The van der Waals surface area contributed by atoms with Gasteiger partial charge in [-0.2, -0.15) is 4.31 Å². The lowest BCUT2D eigenvalue weighted by molar-refractivity contribution is 0.553. The zero-order valence-corrected chi connectivity index (χ0v) is 10.8. The molecule has 2 aromatic rings. The molecular formula is C14H12FNO2S. The molecule has 1 saturated heterocycles. The lowest BCUT2D eigenvalue weighted by Gasteiger charge is -2.06. The first-order chi connectivity index (χ1) is 9.09. The zero-order valence-electron chi connectivity index (χ0n) is 10.0. The van der Waals surface area contributed by atoms with E-state index in [0.29, 0.717) is 6.54 Å². The van der Waals surface area contributed by atoms with Crippen molar-refractivity contribution >= 4 is 10.0 Å². The molecule has 2 aromatic carbocycles. The van der Waals surface area contributed by atoms with Crippen molar-refractivity contribution in [2.45, 2.75) is 10.9 Å². The second kappa shape index (κ2) is 4.43. The Balaban J connectivity index is 1.86. The third kappa shape index (κ3) is 2.27. The highest BCUT2D eigenvalue weighted by atomic mass is 32.2. The quantitative estimate of drug-likeness (QED) is 0.809. The van der Waals surface area contributed by atoms with Gasteiger partial charge in [-0.05, 0) is 29.8 Å². The maximum absolute atomic E-state index is 12.8. The van der Waals surface area contributed by atoms with Crippen molar-refractivity contribution in [3.05, 3.63) is 66.0 Å². The van der Waals surface area contributed by atoms with E-state index in [9.17, 15) is 12.8 Å². The normalized spacial score (nSPS) is 22.2. The van der Waals surface area contributed by atoms with Gasteiger partial charge in [-0.3, -0.25) is 0 Å². The summed E-state index contributed by atoms with van der Waals surface area (Å²) < 4.78 is 38.8. The van der Waals surface area contributed by atoms with Crippen molar-refractivity contribution in [1.29, 1.82) is 0 Å². The van der Waals surface area contributed by atoms with E-state index in [1.165, 1.54) is 16.4 Å². The van der Waals surface area contributed by atoms with E-state index in [-0.39, 0.29) is 10.9 Å². The molecule has 3 rings (SSSR count). The van der Waals surface area contributed by atoms with Gasteiger partial charge in [0.25, 0.3) is 0 Å². The number of hydrogen-bond acceptors (Lipinski definition) is 2. The highest BCUT2D eigenvalue weighted by molar-refractivity contribution is 7.89. The lowest BCUT2D eigenvalue weighted by atomic mass is 10.2. The van der Waals surface area contributed by atoms with Crippen LogP contribution in [0.15, 0.2) is 59.5 Å². The van der Waals surface area contributed by atoms with Gasteiger partial charge in [-0.25, -0.2) is 12.8 Å². The van der Waals surface area contributed by atoms with Crippen LogP contribution < -0.4 is 0 Å². The Morgan fingerprint density at radius 2 is 1.63 bits per heavy atom.